The number of aromatic nitrogens is 3. The molecule has 1 aliphatic carbocycles. The van der Waals surface area contributed by atoms with Crippen molar-refractivity contribution >= 4 is 22.6 Å². The Morgan fingerprint density at radius 1 is 1.24 bits per heavy atom. The summed E-state index contributed by atoms with van der Waals surface area (Å²) in [6, 6.07) is 7.82. The number of primary amides is 1. The molecule has 0 saturated heterocycles. The van der Waals surface area contributed by atoms with Crippen LogP contribution in [0, 0.1) is 0 Å². The van der Waals surface area contributed by atoms with Crippen LogP contribution in [-0.4, -0.2) is 26.6 Å². The van der Waals surface area contributed by atoms with E-state index in [2.05, 4.69) is 15.4 Å². The first-order chi connectivity index (χ1) is 13.9. The maximum atomic E-state index is 13.0. The fraction of sp³-hybridized carbons (Fsp3) is 0.250. The van der Waals surface area contributed by atoms with Gasteiger partial charge in [0.25, 0.3) is 22.9 Å². The van der Waals surface area contributed by atoms with Gasteiger partial charge in [-0.05, 0) is 37.0 Å². The predicted molar refractivity (Wildman–Crippen MR) is 106 cm³/mol. The molecule has 29 heavy (non-hydrogen) atoms. The number of nitrogens with one attached hydrogen (secondary N) is 2. The average molecular weight is 393 g/mol. The highest BCUT2D eigenvalue weighted by Gasteiger charge is 2.26. The molecule has 0 spiro atoms. The number of H-pyrrole nitrogens is 1. The molecule has 3 aromatic rings. The summed E-state index contributed by atoms with van der Waals surface area (Å²) in [5, 5.41) is 7.93. The largest absolute Gasteiger partial charge is 0.365 e. The second kappa shape index (κ2) is 7.01. The quantitative estimate of drug-likeness (QED) is 0.595. The molecule has 1 aromatic carbocycles. The minimum absolute atomic E-state index is 0.134. The Morgan fingerprint density at radius 3 is 2.69 bits per heavy atom. The van der Waals surface area contributed by atoms with Gasteiger partial charge in [0.2, 0.25) is 0 Å². The van der Waals surface area contributed by atoms with Gasteiger partial charge >= 0.3 is 0 Å². The molecular formula is C20H19N5O4. The fourth-order valence-corrected chi connectivity index (χ4v) is 3.77. The van der Waals surface area contributed by atoms with Crippen molar-refractivity contribution in [2.75, 3.05) is 0 Å². The number of nitrogens with zero attached hydrogens (tertiary/aromatic N) is 2. The van der Waals surface area contributed by atoms with Crippen LogP contribution in [-0.2, 0) is 13.5 Å². The van der Waals surface area contributed by atoms with E-state index >= 15 is 0 Å². The number of nitrogens with two attached hydrogens (primary N) is 1. The molecule has 148 valence electrons. The van der Waals surface area contributed by atoms with Crippen molar-refractivity contribution in [1.82, 2.24) is 20.1 Å². The minimum Gasteiger partial charge on any atom is -0.365 e. The normalized spacial score (nSPS) is 15.7. The molecule has 4 N–H and O–H groups in total. The van der Waals surface area contributed by atoms with Crippen LogP contribution >= 0.6 is 0 Å². The van der Waals surface area contributed by atoms with Crippen molar-refractivity contribution in [3.63, 3.8) is 0 Å². The number of amides is 2. The summed E-state index contributed by atoms with van der Waals surface area (Å²) in [4.78, 5) is 51.6. The van der Waals surface area contributed by atoms with Gasteiger partial charge in [0, 0.05) is 18.1 Å². The van der Waals surface area contributed by atoms with E-state index in [0.717, 1.165) is 11.1 Å². The molecule has 0 bridgehead atoms. The fourth-order valence-electron chi connectivity index (χ4n) is 3.77. The van der Waals surface area contributed by atoms with E-state index in [1.54, 1.807) is 24.3 Å². The molecule has 9 heteroatoms. The van der Waals surface area contributed by atoms with Gasteiger partial charge in [0.1, 0.15) is 5.56 Å². The van der Waals surface area contributed by atoms with Crippen LogP contribution in [0.4, 0.5) is 0 Å². The Bertz CT molecular complexity index is 1270. The maximum Gasteiger partial charge on any atom is 0.274 e. The Hall–Kier alpha value is -3.75. The van der Waals surface area contributed by atoms with Gasteiger partial charge in [-0.25, -0.2) is 4.68 Å². The zero-order valence-electron chi connectivity index (χ0n) is 15.7. The van der Waals surface area contributed by atoms with Crippen molar-refractivity contribution in [1.29, 1.82) is 0 Å². The summed E-state index contributed by atoms with van der Waals surface area (Å²) in [6.45, 7) is 0. The highest BCUT2D eigenvalue weighted by atomic mass is 16.2. The lowest BCUT2D eigenvalue weighted by Crippen LogP contribution is -2.35. The van der Waals surface area contributed by atoms with Crippen LogP contribution in [0.15, 0.2) is 39.9 Å². The second-order valence-electron chi connectivity index (χ2n) is 7.05. The number of hydrogen-bond donors (Lipinski definition) is 3. The van der Waals surface area contributed by atoms with Gasteiger partial charge in [-0.15, -0.1) is 0 Å². The number of rotatable bonds is 3. The van der Waals surface area contributed by atoms with Crippen molar-refractivity contribution in [2.24, 2.45) is 12.8 Å². The Morgan fingerprint density at radius 2 is 1.97 bits per heavy atom. The van der Waals surface area contributed by atoms with Gasteiger partial charge in [0.05, 0.1) is 11.4 Å². The molecule has 9 nitrogen and oxygen atoms in total. The SMILES string of the molecule is Cn1nc(C(=O)NC2CCCc3[nH]c(=O)c(C(N)=O)cc32)c2ccccc2c1=O. The van der Waals surface area contributed by atoms with Crippen molar-refractivity contribution in [3.8, 4) is 0 Å². The summed E-state index contributed by atoms with van der Waals surface area (Å²) in [7, 11) is 1.49. The van der Waals surface area contributed by atoms with Gasteiger partial charge in [0.15, 0.2) is 5.69 Å². The van der Waals surface area contributed by atoms with Gasteiger partial charge in [-0.1, -0.05) is 18.2 Å². The van der Waals surface area contributed by atoms with Crippen molar-refractivity contribution < 1.29 is 9.59 Å². The van der Waals surface area contributed by atoms with E-state index in [4.69, 9.17) is 5.73 Å². The third-order valence-corrected chi connectivity index (χ3v) is 5.19. The number of aryl methyl sites for hydroxylation is 2. The lowest BCUT2D eigenvalue weighted by Gasteiger charge is -2.26. The van der Waals surface area contributed by atoms with E-state index in [0.29, 0.717) is 34.9 Å². The maximum absolute atomic E-state index is 13.0. The summed E-state index contributed by atoms with van der Waals surface area (Å²) in [5.41, 5.74) is 5.79. The second-order valence-corrected chi connectivity index (χ2v) is 7.05. The standard InChI is InChI=1S/C20H19N5O4/c1-25-20(29)11-6-3-2-5-10(11)16(24-25)19(28)23-15-8-4-7-14-12(15)9-13(17(21)26)18(27)22-14/h2-3,5-6,9,15H,4,7-8H2,1H3,(H2,21,26)(H,22,27)(H,23,28). The highest BCUT2D eigenvalue weighted by molar-refractivity contribution is 6.05. The molecule has 0 radical (unpaired) electrons. The highest BCUT2D eigenvalue weighted by Crippen LogP contribution is 2.28. The Kier molecular flexibility index (Phi) is 4.50. The molecule has 2 heterocycles. The number of aromatic amines is 1. The van der Waals surface area contributed by atoms with E-state index in [-0.39, 0.29) is 16.8 Å². The zero-order valence-corrected chi connectivity index (χ0v) is 15.7. The average Bonchev–Trinajstić information content (AvgIpc) is 2.70. The molecule has 1 atom stereocenters. The predicted octanol–water partition coefficient (Wildman–Crippen LogP) is 0.528. The molecule has 0 aliphatic heterocycles. The summed E-state index contributed by atoms with van der Waals surface area (Å²) in [6.07, 6.45) is 2.02. The van der Waals surface area contributed by atoms with Crippen LogP contribution in [0.1, 0.15) is 51.0 Å². The van der Waals surface area contributed by atoms with Crippen LogP contribution in [0.5, 0.6) is 0 Å². The van der Waals surface area contributed by atoms with Crippen LogP contribution in [0.25, 0.3) is 10.8 Å². The monoisotopic (exact) mass is 393 g/mol. The molecule has 0 saturated carbocycles. The van der Waals surface area contributed by atoms with E-state index < -0.39 is 23.4 Å². The summed E-state index contributed by atoms with van der Waals surface area (Å²) < 4.78 is 1.13. The summed E-state index contributed by atoms with van der Waals surface area (Å²) >= 11 is 0. The third kappa shape index (κ3) is 3.20. The lowest BCUT2D eigenvalue weighted by atomic mass is 9.90. The molecule has 2 aromatic heterocycles. The molecule has 1 unspecified atom stereocenters. The van der Waals surface area contributed by atoms with Gasteiger partial charge < -0.3 is 16.0 Å². The van der Waals surface area contributed by atoms with E-state index in [9.17, 15) is 19.2 Å². The molecule has 1 aliphatic rings. The molecule has 2 amide bonds. The Balaban J connectivity index is 1.75. The van der Waals surface area contributed by atoms with Gasteiger partial charge in [-0.3, -0.25) is 19.2 Å². The smallest absolute Gasteiger partial charge is 0.274 e. The number of pyridine rings is 1. The topological polar surface area (TPSA) is 140 Å². The number of carbonyl (C=O) groups is 2. The van der Waals surface area contributed by atoms with Crippen LogP contribution < -0.4 is 22.2 Å². The first-order valence-electron chi connectivity index (χ1n) is 9.19. The van der Waals surface area contributed by atoms with E-state index in [1.165, 1.54) is 13.1 Å². The number of carbonyl (C=O) groups excluding carboxylic acids is 2. The van der Waals surface area contributed by atoms with E-state index in [1.807, 2.05) is 0 Å². The first-order valence-corrected chi connectivity index (χ1v) is 9.19. The van der Waals surface area contributed by atoms with Crippen molar-refractivity contribution in [2.45, 2.75) is 25.3 Å². The van der Waals surface area contributed by atoms with Crippen LogP contribution in [0.3, 0.4) is 0 Å². The summed E-state index contributed by atoms with van der Waals surface area (Å²) in [5.74, 6) is -1.27. The molecule has 4 rings (SSSR count). The number of benzene rings is 1. The Labute approximate surface area is 164 Å². The molecular weight excluding hydrogens is 374 g/mol. The lowest BCUT2D eigenvalue weighted by molar-refractivity contribution is 0.0927. The van der Waals surface area contributed by atoms with Gasteiger partial charge in [-0.2, -0.15) is 5.10 Å². The number of hydrogen-bond acceptors (Lipinski definition) is 5. The van der Waals surface area contributed by atoms with Crippen molar-refractivity contribution in [3.05, 3.63) is 73.6 Å². The first kappa shape index (κ1) is 18.6. The molecule has 0 fully saturated rings. The third-order valence-electron chi connectivity index (χ3n) is 5.19. The zero-order chi connectivity index (χ0) is 20.7. The minimum atomic E-state index is -0.824. The van der Waals surface area contributed by atoms with Crippen LogP contribution in [0.2, 0.25) is 0 Å². The number of fused-ring (bicyclic) bond motifs is 2.